The highest BCUT2D eigenvalue weighted by molar-refractivity contribution is 5.93. The molecule has 1 heterocycles. The SMILES string of the molecule is COc1cccc2c1C(N=C1Nc3ccc(NC(=O)O)cc3CO1)CCC2. The number of nitrogens with one attached hydrogen (secondary N) is 2. The highest BCUT2D eigenvalue weighted by Gasteiger charge is 2.25. The van der Waals surface area contributed by atoms with Crippen molar-refractivity contribution in [1.29, 1.82) is 0 Å². The van der Waals surface area contributed by atoms with Crippen molar-refractivity contribution in [3.05, 3.63) is 53.1 Å². The first-order valence-corrected chi connectivity index (χ1v) is 8.90. The molecule has 1 aliphatic carbocycles. The number of aryl methyl sites for hydroxylation is 1. The molecule has 2 aliphatic rings. The number of nitrogens with zero attached hydrogens (tertiary/aromatic N) is 1. The normalized spacial score (nSPS) is 19.3. The second-order valence-electron chi connectivity index (χ2n) is 6.59. The van der Waals surface area contributed by atoms with Gasteiger partial charge in [-0.25, -0.2) is 9.79 Å². The van der Waals surface area contributed by atoms with Crippen molar-refractivity contribution in [2.75, 3.05) is 17.7 Å². The minimum absolute atomic E-state index is 0.0121. The molecule has 0 radical (unpaired) electrons. The van der Waals surface area contributed by atoms with E-state index in [0.717, 1.165) is 41.8 Å². The van der Waals surface area contributed by atoms with Gasteiger partial charge in [0.1, 0.15) is 12.4 Å². The van der Waals surface area contributed by atoms with E-state index in [2.05, 4.69) is 16.7 Å². The number of aliphatic imine (C=N–C) groups is 1. The van der Waals surface area contributed by atoms with Gasteiger partial charge in [-0.3, -0.25) is 5.32 Å². The van der Waals surface area contributed by atoms with Gasteiger partial charge in [-0.05, 0) is 49.1 Å². The molecule has 3 N–H and O–H groups in total. The summed E-state index contributed by atoms with van der Waals surface area (Å²) in [6.45, 7) is 0.335. The number of benzene rings is 2. The van der Waals surface area contributed by atoms with Gasteiger partial charge in [0.25, 0.3) is 6.02 Å². The zero-order valence-electron chi connectivity index (χ0n) is 15.0. The molecular weight excluding hydrogens is 346 g/mol. The molecule has 0 saturated carbocycles. The predicted octanol–water partition coefficient (Wildman–Crippen LogP) is 4.16. The maximum absolute atomic E-state index is 10.8. The van der Waals surface area contributed by atoms with E-state index in [-0.39, 0.29) is 6.04 Å². The smallest absolute Gasteiger partial charge is 0.409 e. The lowest BCUT2D eigenvalue weighted by Crippen LogP contribution is -2.24. The van der Waals surface area contributed by atoms with Crippen LogP contribution in [-0.2, 0) is 17.8 Å². The lowest BCUT2D eigenvalue weighted by Gasteiger charge is -2.27. The number of ether oxygens (including phenoxy) is 2. The van der Waals surface area contributed by atoms with Crippen LogP contribution in [0.4, 0.5) is 16.2 Å². The molecule has 1 atom stereocenters. The maximum Gasteiger partial charge on any atom is 0.409 e. The Morgan fingerprint density at radius 1 is 1.33 bits per heavy atom. The minimum atomic E-state index is -1.09. The van der Waals surface area contributed by atoms with Crippen molar-refractivity contribution >= 4 is 23.5 Å². The predicted molar refractivity (Wildman–Crippen MR) is 103 cm³/mol. The van der Waals surface area contributed by atoms with E-state index in [9.17, 15) is 4.79 Å². The molecule has 0 saturated heterocycles. The zero-order valence-corrected chi connectivity index (χ0v) is 15.0. The Morgan fingerprint density at radius 2 is 2.22 bits per heavy atom. The van der Waals surface area contributed by atoms with Crippen LogP contribution in [0.1, 0.15) is 35.6 Å². The topological polar surface area (TPSA) is 92.2 Å². The van der Waals surface area contributed by atoms with Gasteiger partial charge < -0.3 is 19.9 Å². The van der Waals surface area contributed by atoms with Gasteiger partial charge in [0.15, 0.2) is 0 Å². The van der Waals surface area contributed by atoms with Gasteiger partial charge in [0.2, 0.25) is 0 Å². The third kappa shape index (κ3) is 3.53. The monoisotopic (exact) mass is 367 g/mol. The molecular formula is C20H21N3O4. The quantitative estimate of drug-likeness (QED) is 0.757. The summed E-state index contributed by atoms with van der Waals surface area (Å²) in [5, 5.41) is 14.4. The Kier molecular flexibility index (Phi) is 4.58. The van der Waals surface area contributed by atoms with Crippen molar-refractivity contribution in [1.82, 2.24) is 0 Å². The molecule has 140 valence electrons. The number of hydrogen-bond donors (Lipinski definition) is 3. The van der Waals surface area contributed by atoms with Gasteiger partial charge in [0, 0.05) is 22.5 Å². The maximum atomic E-state index is 10.8. The molecule has 4 rings (SSSR count). The fraction of sp³-hybridized carbons (Fsp3) is 0.300. The van der Waals surface area contributed by atoms with Crippen LogP contribution in [0.5, 0.6) is 5.75 Å². The van der Waals surface area contributed by atoms with E-state index >= 15 is 0 Å². The number of amidine groups is 1. The van der Waals surface area contributed by atoms with E-state index in [1.54, 1.807) is 19.2 Å². The van der Waals surface area contributed by atoms with Gasteiger partial charge in [-0.2, -0.15) is 0 Å². The van der Waals surface area contributed by atoms with Crippen LogP contribution in [0, 0.1) is 0 Å². The summed E-state index contributed by atoms with van der Waals surface area (Å²) < 4.78 is 11.3. The Labute approximate surface area is 157 Å². The summed E-state index contributed by atoms with van der Waals surface area (Å²) >= 11 is 0. The van der Waals surface area contributed by atoms with Gasteiger partial charge in [-0.1, -0.05) is 12.1 Å². The highest BCUT2D eigenvalue weighted by atomic mass is 16.5. The number of hydrogen-bond acceptors (Lipinski definition) is 4. The average molecular weight is 367 g/mol. The third-order valence-electron chi connectivity index (χ3n) is 4.87. The second-order valence-corrected chi connectivity index (χ2v) is 6.59. The van der Waals surface area contributed by atoms with Crippen molar-refractivity contribution in [2.24, 2.45) is 4.99 Å². The van der Waals surface area contributed by atoms with Crippen LogP contribution in [0.3, 0.4) is 0 Å². The number of methoxy groups -OCH3 is 1. The Balaban J connectivity index is 1.58. The van der Waals surface area contributed by atoms with E-state index in [1.807, 2.05) is 18.2 Å². The Hall–Kier alpha value is -3.22. The van der Waals surface area contributed by atoms with Crippen molar-refractivity contribution < 1.29 is 19.4 Å². The fourth-order valence-corrected chi connectivity index (χ4v) is 3.67. The molecule has 1 aliphatic heterocycles. The summed E-state index contributed by atoms with van der Waals surface area (Å²) in [5.41, 5.74) is 4.67. The van der Waals surface area contributed by atoms with Crippen molar-refractivity contribution in [3.63, 3.8) is 0 Å². The number of rotatable bonds is 3. The lowest BCUT2D eigenvalue weighted by molar-refractivity contribution is 0.209. The molecule has 1 unspecified atom stereocenters. The van der Waals surface area contributed by atoms with E-state index in [1.165, 1.54) is 5.56 Å². The number of anilines is 2. The molecule has 1 amide bonds. The van der Waals surface area contributed by atoms with Crippen LogP contribution in [0.25, 0.3) is 0 Å². The first kappa shape index (κ1) is 17.2. The zero-order chi connectivity index (χ0) is 18.8. The third-order valence-corrected chi connectivity index (χ3v) is 4.87. The number of carbonyl (C=O) groups is 1. The van der Waals surface area contributed by atoms with Crippen molar-refractivity contribution in [2.45, 2.75) is 31.9 Å². The first-order valence-electron chi connectivity index (χ1n) is 8.90. The average Bonchev–Trinajstić information content (AvgIpc) is 2.67. The molecule has 7 heteroatoms. The molecule has 7 nitrogen and oxygen atoms in total. The highest BCUT2D eigenvalue weighted by Crippen LogP contribution is 2.39. The van der Waals surface area contributed by atoms with E-state index in [4.69, 9.17) is 19.6 Å². The molecule has 0 spiro atoms. The molecule has 27 heavy (non-hydrogen) atoms. The summed E-state index contributed by atoms with van der Waals surface area (Å²) in [7, 11) is 1.68. The largest absolute Gasteiger partial charge is 0.496 e. The molecule has 2 aromatic carbocycles. The lowest BCUT2D eigenvalue weighted by atomic mass is 9.87. The summed E-state index contributed by atoms with van der Waals surface area (Å²) in [5.74, 6) is 0.863. The van der Waals surface area contributed by atoms with Crippen LogP contribution in [0.2, 0.25) is 0 Å². The van der Waals surface area contributed by atoms with Gasteiger partial charge in [-0.15, -0.1) is 0 Å². The fourth-order valence-electron chi connectivity index (χ4n) is 3.67. The molecule has 0 fully saturated rings. The molecule has 0 bridgehead atoms. The first-order chi connectivity index (χ1) is 13.1. The summed E-state index contributed by atoms with van der Waals surface area (Å²) in [6, 6.07) is 11.9. The summed E-state index contributed by atoms with van der Waals surface area (Å²) in [4.78, 5) is 15.6. The van der Waals surface area contributed by atoms with Gasteiger partial charge >= 0.3 is 6.09 Å². The van der Waals surface area contributed by atoms with Crippen molar-refractivity contribution in [3.8, 4) is 5.75 Å². The summed E-state index contributed by atoms with van der Waals surface area (Å²) in [6.07, 6.45) is 1.95. The number of fused-ring (bicyclic) bond motifs is 2. The van der Waals surface area contributed by atoms with Crippen LogP contribution >= 0.6 is 0 Å². The van der Waals surface area contributed by atoms with Crippen LogP contribution in [-0.4, -0.2) is 24.3 Å². The van der Waals surface area contributed by atoms with Crippen LogP contribution < -0.4 is 15.4 Å². The number of amides is 1. The van der Waals surface area contributed by atoms with E-state index in [0.29, 0.717) is 18.3 Å². The molecule has 2 aromatic rings. The second kappa shape index (κ2) is 7.19. The van der Waals surface area contributed by atoms with Gasteiger partial charge in [0.05, 0.1) is 13.2 Å². The van der Waals surface area contributed by atoms with E-state index < -0.39 is 6.09 Å². The Morgan fingerprint density at radius 3 is 3.04 bits per heavy atom. The van der Waals surface area contributed by atoms with Crippen LogP contribution in [0.15, 0.2) is 41.4 Å². The standard InChI is InChI=1S/C20H21N3O4/c1-26-17-7-3-5-12-4-2-6-16(18(12)17)23-19-22-15-9-8-14(21-20(24)25)10-13(15)11-27-19/h3,5,7-10,16,21H,2,4,6,11H2,1H3,(H,22,23)(H,24,25). The Bertz CT molecular complexity index is 896. The molecule has 0 aromatic heterocycles. The number of carboxylic acid groups (broad SMARTS) is 1. The minimum Gasteiger partial charge on any atom is -0.496 e.